The molecule has 0 saturated carbocycles. The molecule has 2 aliphatic carbocycles. The number of hydrogen-bond acceptors (Lipinski definition) is 0. The predicted octanol–water partition coefficient (Wildman–Crippen LogP) is 1.77. The van der Waals surface area contributed by atoms with Crippen molar-refractivity contribution >= 4 is 10.2 Å². The van der Waals surface area contributed by atoms with E-state index in [4.69, 9.17) is 0 Å². The Morgan fingerprint density at radius 1 is 1.14 bits per heavy atom. The van der Waals surface area contributed by atoms with E-state index in [0.29, 0.717) is 0 Å². The maximum absolute atomic E-state index is 2.54. The molecular formula is C13H18Si. The third kappa shape index (κ3) is 1.11. The number of aryl methyl sites for hydroxylation is 2. The van der Waals surface area contributed by atoms with Crippen LogP contribution in [0.15, 0.2) is 12.1 Å². The Labute approximate surface area is 89.1 Å². The largest absolute Gasteiger partial charge is 0.0619 e. The Hall–Kier alpha value is -0.563. The van der Waals surface area contributed by atoms with Crippen LogP contribution in [0.2, 0.25) is 0 Å². The van der Waals surface area contributed by atoms with Crippen LogP contribution in [0.1, 0.15) is 41.1 Å². The maximum Gasteiger partial charge on any atom is 0.0126 e. The first-order valence-electron chi connectivity index (χ1n) is 5.90. The van der Waals surface area contributed by atoms with Crippen molar-refractivity contribution in [2.75, 3.05) is 0 Å². The van der Waals surface area contributed by atoms with E-state index in [1.807, 2.05) is 0 Å². The molecule has 74 valence electrons. The van der Waals surface area contributed by atoms with E-state index < -0.39 is 0 Å². The SMILES string of the molecule is CC1Cc2cc3c(cc2C1[SiH3])CCC3. The zero-order valence-corrected chi connectivity index (χ0v) is 11.1. The molecule has 1 aromatic carbocycles. The zero-order chi connectivity index (χ0) is 9.71. The number of benzene rings is 1. The highest BCUT2D eigenvalue weighted by Gasteiger charge is 2.27. The third-order valence-corrected chi connectivity index (χ3v) is 6.00. The minimum atomic E-state index is 0.916. The van der Waals surface area contributed by atoms with Crippen molar-refractivity contribution < 1.29 is 0 Å². The van der Waals surface area contributed by atoms with E-state index in [-0.39, 0.29) is 0 Å². The van der Waals surface area contributed by atoms with E-state index in [1.54, 1.807) is 22.3 Å². The Balaban J connectivity index is 2.13. The molecule has 0 nitrogen and oxygen atoms in total. The molecule has 3 rings (SSSR count). The molecule has 2 atom stereocenters. The minimum Gasteiger partial charge on any atom is -0.0619 e. The van der Waals surface area contributed by atoms with Crippen molar-refractivity contribution in [3.8, 4) is 0 Å². The van der Waals surface area contributed by atoms with Gasteiger partial charge in [-0.3, -0.25) is 0 Å². The van der Waals surface area contributed by atoms with Crippen LogP contribution >= 0.6 is 0 Å². The standard InChI is InChI=1S/C13H18Si/c1-8-5-11-6-9-3-2-4-10(9)7-12(11)13(8)14/h6-8,13H,2-5H2,1,14H3. The Kier molecular flexibility index (Phi) is 1.85. The fraction of sp³-hybridized carbons (Fsp3) is 0.538. The summed E-state index contributed by atoms with van der Waals surface area (Å²) in [6.07, 6.45) is 5.41. The molecular weight excluding hydrogens is 184 g/mol. The summed E-state index contributed by atoms with van der Waals surface area (Å²) in [5.74, 6) is 0.916. The normalized spacial score (nSPS) is 29.2. The van der Waals surface area contributed by atoms with Crippen molar-refractivity contribution in [1.82, 2.24) is 0 Å². The maximum atomic E-state index is 2.54. The summed E-state index contributed by atoms with van der Waals surface area (Å²) < 4.78 is 0. The van der Waals surface area contributed by atoms with Gasteiger partial charge in [0.25, 0.3) is 0 Å². The van der Waals surface area contributed by atoms with Crippen LogP contribution in [0.4, 0.5) is 0 Å². The van der Waals surface area contributed by atoms with Crippen molar-refractivity contribution in [2.45, 2.75) is 38.1 Å². The average molecular weight is 202 g/mol. The quantitative estimate of drug-likeness (QED) is 0.563. The van der Waals surface area contributed by atoms with E-state index >= 15 is 0 Å². The topological polar surface area (TPSA) is 0 Å². The molecule has 0 aliphatic heterocycles. The fourth-order valence-corrected chi connectivity index (χ4v) is 3.90. The molecule has 14 heavy (non-hydrogen) atoms. The van der Waals surface area contributed by atoms with Crippen LogP contribution in [0.25, 0.3) is 0 Å². The molecule has 2 aliphatic rings. The van der Waals surface area contributed by atoms with Gasteiger partial charge >= 0.3 is 0 Å². The monoisotopic (exact) mass is 202 g/mol. The second kappa shape index (κ2) is 2.96. The van der Waals surface area contributed by atoms with Gasteiger partial charge in [0.1, 0.15) is 0 Å². The summed E-state index contributed by atoms with van der Waals surface area (Å²) in [6, 6.07) is 5.06. The molecule has 0 radical (unpaired) electrons. The first kappa shape index (κ1) is 8.72. The molecule has 0 saturated heterocycles. The molecule has 0 fully saturated rings. The lowest BCUT2D eigenvalue weighted by atomic mass is 10.0. The van der Waals surface area contributed by atoms with Gasteiger partial charge in [-0.05, 0) is 59.4 Å². The lowest BCUT2D eigenvalue weighted by Crippen LogP contribution is -2.02. The summed E-state index contributed by atoms with van der Waals surface area (Å²) in [6.45, 7) is 2.42. The summed E-state index contributed by atoms with van der Waals surface area (Å²) in [5.41, 5.74) is 7.64. The molecule has 0 N–H and O–H groups in total. The van der Waals surface area contributed by atoms with Gasteiger partial charge in [-0.2, -0.15) is 0 Å². The number of rotatable bonds is 0. The van der Waals surface area contributed by atoms with Crippen molar-refractivity contribution in [3.63, 3.8) is 0 Å². The second-order valence-electron chi connectivity index (χ2n) is 5.14. The van der Waals surface area contributed by atoms with Crippen molar-refractivity contribution in [2.24, 2.45) is 5.92 Å². The molecule has 0 bridgehead atoms. The summed E-state index contributed by atoms with van der Waals surface area (Å²) in [5, 5.41) is 0. The van der Waals surface area contributed by atoms with Gasteiger partial charge in [0.05, 0.1) is 0 Å². The average Bonchev–Trinajstić information content (AvgIpc) is 2.70. The van der Waals surface area contributed by atoms with E-state index in [9.17, 15) is 0 Å². The second-order valence-corrected chi connectivity index (χ2v) is 6.39. The highest BCUT2D eigenvalue weighted by Crippen LogP contribution is 2.38. The van der Waals surface area contributed by atoms with Gasteiger partial charge in [-0.1, -0.05) is 19.1 Å². The molecule has 0 heterocycles. The number of fused-ring (bicyclic) bond motifs is 2. The summed E-state index contributed by atoms with van der Waals surface area (Å²) in [4.78, 5) is 0. The Morgan fingerprint density at radius 2 is 1.86 bits per heavy atom. The molecule has 0 aromatic heterocycles. The molecule has 0 spiro atoms. The van der Waals surface area contributed by atoms with Gasteiger partial charge in [0, 0.05) is 10.2 Å². The van der Waals surface area contributed by atoms with Gasteiger partial charge in [-0.25, -0.2) is 0 Å². The smallest absolute Gasteiger partial charge is 0.0126 e. The van der Waals surface area contributed by atoms with Gasteiger partial charge in [0.2, 0.25) is 0 Å². The fourth-order valence-electron chi connectivity index (χ4n) is 3.13. The van der Waals surface area contributed by atoms with Crippen molar-refractivity contribution in [3.05, 3.63) is 34.4 Å². The van der Waals surface area contributed by atoms with Crippen LogP contribution in [0, 0.1) is 5.92 Å². The van der Waals surface area contributed by atoms with Crippen molar-refractivity contribution in [1.29, 1.82) is 0 Å². The highest BCUT2D eigenvalue weighted by molar-refractivity contribution is 6.13. The van der Waals surface area contributed by atoms with E-state index in [0.717, 1.165) is 11.5 Å². The molecule has 1 aromatic rings. The lowest BCUT2D eigenvalue weighted by molar-refractivity contribution is 0.608. The van der Waals surface area contributed by atoms with Crippen LogP contribution < -0.4 is 0 Å². The molecule has 0 amide bonds. The third-order valence-electron chi connectivity index (χ3n) is 4.24. The van der Waals surface area contributed by atoms with Crippen LogP contribution in [0.5, 0.6) is 0 Å². The van der Waals surface area contributed by atoms with E-state index in [1.165, 1.54) is 35.9 Å². The highest BCUT2D eigenvalue weighted by atomic mass is 28.1. The Morgan fingerprint density at radius 3 is 2.64 bits per heavy atom. The van der Waals surface area contributed by atoms with Crippen LogP contribution in [0.3, 0.4) is 0 Å². The first-order chi connectivity index (χ1) is 6.75. The summed E-state index contributed by atoms with van der Waals surface area (Å²) >= 11 is 0. The van der Waals surface area contributed by atoms with Gasteiger partial charge in [-0.15, -0.1) is 0 Å². The lowest BCUT2D eigenvalue weighted by Gasteiger charge is -2.10. The predicted molar refractivity (Wildman–Crippen MR) is 64.0 cm³/mol. The minimum absolute atomic E-state index is 0.916. The van der Waals surface area contributed by atoms with Gasteiger partial charge in [0.15, 0.2) is 0 Å². The summed E-state index contributed by atoms with van der Waals surface area (Å²) in [7, 11) is 1.33. The van der Waals surface area contributed by atoms with E-state index in [2.05, 4.69) is 19.1 Å². The Bertz CT molecular complexity index is 381. The van der Waals surface area contributed by atoms with Crippen LogP contribution in [-0.4, -0.2) is 10.2 Å². The molecule has 2 unspecified atom stereocenters. The van der Waals surface area contributed by atoms with Crippen LogP contribution in [-0.2, 0) is 19.3 Å². The number of hydrogen-bond donors (Lipinski definition) is 0. The van der Waals surface area contributed by atoms with Gasteiger partial charge < -0.3 is 0 Å². The zero-order valence-electron chi connectivity index (χ0n) is 9.14. The first-order valence-corrected chi connectivity index (χ1v) is 7.06. The molecule has 1 heteroatoms.